The first kappa shape index (κ1) is 15.8. The average Bonchev–Trinajstić information content (AvgIpc) is 3.24. The molecule has 0 aromatic carbocycles. The van der Waals surface area contributed by atoms with Crippen LogP contribution in [0.15, 0.2) is 0 Å². The molecule has 0 aromatic heterocycles. The van der Waals surface area contributed by atoms with Crippen LogP contribution in [0.25, 0.3) is 0 Å². The Morgan fingerprint density at radius 1 is 0.909 bits per heavy atom. The van der Waals surface area contributed by atoms with E-state index in [1.807, 2.05) is 16.8 Å². The van der Waals surface area contributed by atoms with Gasteiger partial charge in [0.25, 0.3) is 0 Å². The zero-order valence-corrected chi connectivity index (χ0v) is 13.7. The lowest BCUT2D eigenvalue weighted by Crippen LogP contribution is -2.54. The topological polar surface area (TPSA) is 52.7 Å². The second kappa shape index (κ2) is 6.99. The summed E-state index contributed by atoms with van der Waals surface area (Å²) < 4.78 is 0. The molecule has 3 aliphatic rings. The maximum Gasteiger partial charge on any atom is 0.245 e. The van der Waals surface area contributed by atoms with Crippen LogP contribution in [-0.2, 0) is 9.59 Å². The van der Waals surface area contributed by atoms with Gasteiger partial charge in [-0.3, -0.25) is 9.59 Å². The Kier molecular flexibility index (Phi) is 5.01. The molecule has 2 unspecified atom stereocenters. The van der Waals surface area contributed by atoms with Crippen LogP contribution < -0.4 is 5.32 Å². The summed E-state index contributed by atoms with van der Waals surface area (Å²) in [6.07, 6.45) is 8.37. The Morgan fingerprint density at radius 3 is 2.36 bits per heavy atom. The third-order valence-corrected chi connectivity index (χ3v) is 5.67. The van der Waals surface area contributed by atoms with Crippen LogP contribution in [0.1, 0.15) is 51.4 Å². The summed E-state index contributed by atoms with van der Waals surface area (Å²) in [5.74, 6) is 0.610. The van der Waals surface area contributed by atoms with Crippen molar-refractivity contribution in [3.05, 3.63) is 0 Å². The molecule has 2 heterocycles. The quantitative estimate of drug-likeness (QED) is 0.857. The van der Waals surface area contributed by atoms with Gasteiger partial charge in [0.1, 0.15) is 6.04 Å². The van der Waals surface area contributed by atoms with Gasteiger partial charge in [-0.1, -0.05) is 12.8 Å². The first-order chi connectivity index (χ1) is 10.7. The summed E-state index contributed by atoms with van der Waals surface area (Å²) >= 11 is 0. The minimum Gasteiger partial charge on any atom is -0.339 e. The van der Waals surface area contributed by atoms with E-state index < -0.39 is 0 Å². The molecule has 2 atom stereocenters. The van der Waals surface area contributed by atoms with Gasteiger partial charge >= 0.3 is 0 Å². The molecule has 0 bridgehead atoms. The summed E-state index contributed by atoms with van der Waals surface area (Å²) in [7, 11) is 1.96. The molecule has 0 aromatic rings. The molecule has 1 aliphatic carbocycles. The minimum atomic E-state index is -0.191. The molecule has 2 aliphatic heterocycles. The zero-order valence-electron chi connectivity index (χ0n) is 13.7. The lowest BCUT2D eigenvalue weighted by atomic mass is 10.0. The first-order valence-corrected chi connectivity index (χ1v) is 8.97. The normalized spacial score (nSPS) is 30.0. The summed E-state index contributed by atoms with van der Waals surface area (Å²) in [6.45, 7) is 2.41. The fraction of sp³-hybridized carbons (Fsp3) is 0.882. The third-order valence-electron chi connectivity index (χ3n) is 5.67. The number of carbonyl (C=O) groups excluding carboxylic acids is 2. The zero-order chi connectivity index (χ0) is 15.5. The lowest BCUT2D eigenvalue weighted by Gasteiger charge is -2.36. The van der Waals surface area contributed by atoms with E-state index in [2.05, 4.69) is 5.32 Å². The summed E-state index contributed by atoms with van der Waals surface area (Å²) in [6, 6.07) is 0.210. The molecular weight excluding hydrogens is 278 g/mol. The van der Waals surface area contributed by atoms with Crippen LogP contribution in [0.2, 0.25) is 0 Å². The first-order valence-electron chi connectivity index (χ1n) is 8.97. The van der Waals surface area contributed by atoms with E-state index in [-0.39, 0.29) is 23.8 Å². The standard InChI is InChI=1S/C17H29N3O2/c1-18-14-8-4-10-19(12-14)17(22)15-9-5-11-20(15)16(21)13-6-2-3-7-13/h13-15,18H,2-12H2,1H3. The number of hydrogen-bond acceptors (Lipinski definition) is 3. The van der Waals surface area contributed by atoms with Crippen LogP contribution in [0.5, 0.6) is 0 Å². The average molecular weight is 307 g/mol. The van der Waals surface area contributed by atoms with Gasteiger partial charge in [-0.15, -0.1) is 0 Å². The lowest BCUT2D eigenvalue weighted by molar-refractivity contribution is -0.146. The second-order valence-corrected chi connectivity index (χ2v) is 7.08. The number of nitrogens with one attached hydrogen (secondary N) is 1. The number of rotatable bonds is 3. The number of amides is 2. The molecule has 1 saturated carbocycles. The van der Waals surface area contributed by atoms with Crippen molar-refractivity contribution in [1.82, 2.24) is 15.1 Å². The number of hydrogen-bond donors (Lipinski definition) is 1. The van der Waals surface area contributed by atoms with Crippen molar-refractivity contribution in [2.24, 2.45) is 5.92 Å². The van der Waals surface area contributed by atoms with Gasteiger partial charge in [0.15, 0.2) is 0 Å². The van der Waals surface area contributed by atoms with Crippen molar-refractivity contribution in [3.8, 4) is 0 Å². The molecule has 5 heteroatoms. The van der Waals surface area contributed by atoms with Gasteiger partial charge < -0.3 is 15.1 Å². The van der Waals surface area contributed by atoms with E-state index >= 15 is 0 Å². The Bertz CT molecular complexity index is 420. The second-order valence-electron chi connectivity index (χ2n) is 7.08. The molecule has 124 valence electrons. The summed E-state index contributed by atoms with van der Waals surface area (Å²) in [5, 5.41) is 3.28. The Labute approximate surface area is 133 Å². The molecule has 3 rings (SSSR count). The highest BCUT2D eigenvalue weighted by molar-refractivity contribution is 5.89. The number of piperidine rings is 1. The molecule has 22 heavy (non-hydrogen) atoms. The number of likely N-dealkylation sites (N-methyl/N-ethyl adjacent to an activating group) is 1. The number of likely N-dealkylation sites (tertiary alicyclic amines) is 2. The van der Waals surface area contributed by atoms with Crippen LogP contribution in [0.3, 0.4) is 0 Å². The van der Waals surface area contributed by atoms with E-state index in [9.17, 15) is 9.59 Å². The van der Waals surface area contributed by atoms with E-state index in [1.165, 1.54) is 12.8 Å². The van der Waals surface area contributed by atoms with Gasteiger partial charge in [0.05, 0.1) is 0 Å². The number of nitrogens with zero attached hydrogens (tertiary/aromatic N) is 2. The van der Waals surface area contributed by atoms with Crippen molar-refractivity contribution in [1.29, 1.82) is 0 Å². The van der Waals surface area contributed by atoms with Crippen LogP contribution in [0, 0.1) is 5.92 Å². The van der Waals surface area contributed by atoms with Crippen molar-refractivity contribution < 1.29 is 9.59 Å². The predicted molar refractivity (Wildman–Crippen MR) is 85.4 cm³/mol. The number of carbonyl (C=O) groups is 2. The highest BCUT2D eigenvalue weighted by Gasteiger charge is 2.40. The molecule has 0 spiro atoms. The van der Waals surface area contributed by atoms with Crippen molar-refractivity contribution in [2.75, 3.05) is 26.7 Å². The van der Waals surface area contributed by atoms with Crippen LogP contribution >= 0.6 is 0 Å². The molecule has 0 radical (unpaired) electrons. The van der Waals surface area contributed by atoms with E-state index in [1.54, 1.807) is 0 Å². The van der Waals surface area contributed by atoms with Gasteiger partial charge in [-0.25, -0.2) is 0 Å². The van der Waals surface area contributed by atoms with Gasteiger partial charge in [0.2, 0.25) is 11.8 Å². The summed E-state index contributed by atoms with van der Waals surface area (Å²) in [4.78, 5) is 29.5. The largest absolute Gasteiger partial charge is 0.339 e. The fourth-order valence-corrected chi connectivity index (χ4v) is 4.32. The Morgan fingerprint density at radius 2 is 1.64 bits per heavy atom. The van der Waals surface area contributed by atoms with E-state index in [4.69, 9.17) is 0 Å². The molecule has 2 amide bonds. The highest BCUT2D eigenvalue weighted by Crippen LogP contribution is 2.30. The monoisotopic (exact) mass is 307 g/mol. The highest BCUT2D eigenvalue weighted by atomic mass is 16.2. The van der Waals surface area contributed by atoms with Crippen LogP contribution in [0.4, 0.5) is 0 Å². The van der Waals surface area contributed by atoms with Gasteiger partial charge in [0, 0.05) is 31.6 Å². The van der Waals surface area contributed by atoms with Crippen LogP contribution in [-0.4, -0.2) is 60.4 Å². The van der Waals surface area contributed by atoms with Gasteiger partial charge in [-0.05, 0) is 45.6 Å². The van der Waals surface area contributed by atoms with Gasteiger partial charge in [-0.2, -0.15) is 0 Å². The summed E-state index contributed by atoms with van der Waals surface area (Å²) in [5.41, 5.74) is 0. The maximum atomic E-state index is 12.9. The fourth-order valence-electron chi connectivity index (χ4n) is 4.32. The molecule has 2 saturated heterocycles. The van der Waals surface area contributed by atoms with Crippen molar-refractivity contribution in [2.45, 2.75) is 63.5 Å². The SMILES string of the molecule is CNC1CCCN(C(=O)C2CCCN2C(=O)C2CCCC2)C1. The van der Waals surface area contributed by atoms with E-state index in [0.717, 1.165) is 58.2 Å². The molecule has 5 nitrogen and oxygen atoms in total. The molecule has 3 fully saturated rings. The third kappa shape index (κ3) is 3.14. The molecular formula is C17H29N3O2. The molecule has 1 N–H and O–H groups in total. The van der Waals surface area contributed by atoms with Crippen molar-refractivity contribution in [3.63, 3.8) is 0 Å². The maximum absolute atomic E-state index is 12.9. The van der Waals surface area contributed by atoms with E-state index in [0.29, 0.717) is 6.04 Å². The predicted octanol–water partition coefficient (Wildman–Crippen LogP) is 1.38. The minimum absolute atomic E-state index is 0.180. The smallest absolute Gasteiger partial charge is 0.245 e. The Balaban J connectivity index is 1.64. The Hall–Kier alpha value is -1.10. The van der Waals surface area contributed by atoms with Crippen molar-refractivity contribution >= 4 is 11.8 Å².